The summed E-state index contributed by atoms with van der Waals surface area (Å²) < 4.78 is 1.84. The zero-order chi connectivity index (χ0) is 23.9. The summed E-state index contributed by atoms with van der Waals surface area (Å²) in [5.74, 6) is 0.944. The average molecular weight is 471 g/mol. The summed E-state index contributed by atoms with van der Waals surface area (Å²) in [5, 5.41) is 12.0. The second-order valence-corrected chi connectivity index (χ2v) is 8.92. The molecule has 0 atom stereocenters. The summed E-state index contributed by atoms with van der Waals surface area (Å²) in [6.45, 7) is 1.96. The number of hydrogen-bond acceptors (Lipinski definition) is 5. The summed E-state index contributed by atoms with van der Waals surface area (Å²) in [6.07, 6.45) is 0.772. The monoisotopic (exact) mass is 470 g/mol. The Kier molecular flexibility index (Phi) is 7.54. The van der Waals surface area contributed by atoms with Crippen LogP contribution in [0.3, 0.4) is 0 Å². The lowest BCUT2D eigenvalue weighted by Gasteiger charge is -2.08. The summed E-state index contributed by atoms with van der Waals surface area (Å²) in [7, 11) is 1.86. The number of carbonyl (C=O) groups excluding carboxylic acids is 2. The first kappa shape index (κ1) is 23.4. The molecule has 4 rings (SSSR count). The standard InChI is InChI=1S/C27H26N4O2S/c1-19-8-6-7-11-23(19)28-26(33)17-16-25-29-30-27(31(25)2)34-18-24(32)22-14-12-21(13-15-22)20-9-4-3-5-10-20/h3-15H,16-18H2,1-2H3,(H,28,33). The predicted molar refractivity (Wildman–Crippen MR) is 136 cm³/mol. The van der Waals surface area contributed by atoms with Crippen molar-refractivity contribution in [2.45, 2.75) is 24.9 Å². The maximum Gasteiger partial charge on any atom is 0.224 e. The van der Waals surface area contributed by atoms with E-state index in [0.717, 1.165) is 22.4 Å². The van der Waals surface area contributed by atoms with E-state index < -0.39 is 0 Å². The molecule has 1 aromatic heterocycles. The molecule has 3 aromatic carbocycles. The molecular formula is C27H26N4O2S. The van der Waals surface area contributed by atoms with E-state index in [1.54, 1.807) is 0 Å². The van der Waals surface area contributed by atoms with Gasteiger partial charge in [-0.05, 0) is 29.7 Å². The zero-order valence-electron chi connectivity index (χ0n) is 19.2. The molecule has 0 aliphatic heterocycles. The highest BCUT2D eigenvalue weighted by Gasteiger charge is 2.14. The molecule has 1 N–H and O–H groups in total. The molecule has 0 unspecified atom stereocenters. The Labute approximate surface area is 203 Å². The van der Waals surface area contributed by atoms with Crippen molar-refractivity contribution in [2.75, 3.05) is 11.1 Å². The van der Waals surface area contributed by atoms with Crippen LogP contribution in [0, 0.1) is 6.92 Å². The zero-order valence-corrected chi connectivity index (χ0v) is 20.0. The van der Waals surface area contributed by atoms with Crippen molar-refractivity contribution in [3.63, 3.8) is 0 Å². The second kappa shape index (κ2) is 10.9. The second-order valence-electron chi connectivity index (χ2n) is 7.98. The Morgan fingerprint density at radius 3 is 2.29 bits per heavy atom. The summed E-state index contributed by atoms with van der Waals surface area (Å²) in [6, 6.07) is 25.4. The number of carbonyl (C=O) groups is 2. The molecular weight excluding hydrogens is 444 g/mol. The van der Waals surface area contributed by atoms with Gasteiger partial charge in [-0.3, -0.25) is 9.59 Å². The van der Waals surface area contributed by atoms with Gasteiger partial charge in [-0.15, -0.1) is 10.2 Å². The molecule has 0 aliphatic carbocycles. The quantitative estimate of drug-likeness (QED) is 0.264. The third kappa shape index (κ3) is 5.80. The molecule has 0 spiro atoms. The number of benzene rings is 3. The third-order valence-corrected chi connectivity index (χ3v) is 6.59. The van der Waals surface area contributed by atoms with Gasteiger partial charge in [-0.1, -0.05) is 84.6 Å². The summed E-state index contributed by atoms with van der Waals surface area (Å²) >= 11 is 1.35. The number of aromatic nitrogens is 3. The minimum absolute atomic E-state index is 0.0340. The topological polar surface area (TPSA) is 76.9 Å². The summed E-state index contributed by atoms with van der Waals surface area (Å²) in [5.41, 5.74) is 4.70. The van der Waals surface area contributed by atoms with Crippen molar-refractivity contribution < 1.29 is 9.59 Å². The van der Waals surface area contributed by atoms with Gasteiger partial charge in [0.25, 0.3) is 0 Å². The molecule has 1 amide bonds. The van der Waals surface area contributed by atoms with Crippen molar-refractivity contribution in [3.8, 4) is 11.1 Å². The molecule has 0 fully saturated rings. The van der Waals surface area contributed by atoms with Gasteiger partial charge in [-0.2, -0.15) is 0 Å². The van der Waals surface area contributed by atoms with Crippen LogP contribution in [0.25, 0.3) is 11.1 Å². The van der Waals surface area contributed by atoms with Gasteiger partial charge in [0.1, 0.15) is 5.82 Å². The van der Waals surface area contributed by atoms with Crippen LogP contribution in [0.5, 0.6) is 0 Å². The minimum Gasteiger partial charge on any atom is -0.326 e. The molecule has 0 saturated heterocycles. The fourth-order valence-electron chi connectivity index (χ4n) is 3.53. The molecule has 0 saturated carbocycles. The van der Waals surface area contributed by atoms with E-state index in [4.69, 9.17) is 0 Å². The largest absolute Gasteiger partial charge is 0.326 e. The smallest absolute Gasteiger partial charge is 0.224 e. The number of nitrogens with zero attached hydrogens (tertiary/aromatic N) is 3. The Balaban J connectivity index is 1.29. The highest BCUT2D eigenvalue weighted by molar-refractivity contribution is 7.99. The van der Waals surface area contributed by atoms with Crippen molar-refractivity contribution in [2.24, 2.45) is 7.05 Å². The van der Waals surface area contributed by atoms with E-state index in [0.29, 0.717) is 29.4 Å². The van der Waals surface area contributed by atoms with Gasteiger partial charge in [0, 0.05) is 31.1 Å². The predicted octanol–water partition coefficient (Wildman–Crippen LogP) is 5.34. The lowest BCUT2D eigenvalue weighted by molar-refractivity contribution is -0.116. The van der Waals surface area contributed by atoms with Crippen molar-refractivity contribution in [1.29, 1.82) is 0 Å². The molecule has 0 aliphatic rings. The molecule has 0 bridgehead atoms. The minimum atomic E-state index is -0.0689. The van der Waals surface area contributed by atoms with E-state index in [9.17, 15) is 9.59 Å². The number of aryl methyl sites for hydroxylation is 2. The van der Waals surface area contributed by atoms with Crippen LogP contribution < -0.4 is 5.32 Å². The number of para-hydroxylation sites is 1. The van der Waals surface area contributed by atoms with Gasteiger partial charge >= 0.3 is 0 Å². The van der Waals surface area contributed by atoms with Crippen molar-refractivity contribution in [1.82, 2.24) is 14.8 Å². The maximum atomic E-state index is 12.7. The fraction of sp³-hybridized carbons (Fsp3) is 0.185. The normalized spacial score (nSPS) is 10.8. The van der Waals surface area contributed by atoms with Crippen LogP contribution in [-0.2, 0) is 18.3 Å². The average Bonchev–Trinajstić information content (AvgIpc) is 3.22. The Bertz CT molecular complexity index is 1280. The van der Waals surface area contributed by atoms with Gasteiger partial charge in [-0.25, -0.2) is 0 Å². The molecule has 1 heterocycles. The van der Waals surface area contributed by atoms with Gasteiger partial charge in [0.05, 0.1) is 5.75 Å². The number of Topliss-reactive ketones (excluding diaryl/α,β-unsaturated/α-hetero) is 1. The number of rotatable bonds is 9. The van der Waals surface area contributed by atoms with Crippen molar-refractivity contribution in [3.05, 3.63) is 95.8 Å². The van der Waals surface area contributed by atoms with E-state index in [1.165, 1.54) is 11.8 Å². The van der Waals surface area contributed by atoms with E-state index in [-0.39, 0.29) is 17.4 Å². The molecule has 172 valence electrons. The van der Waals surface area contributed by atoms with Gasteiger partial charge < -0.3 is 9.88 Å². The highest BCUT2D eigenvalue weighted by atomic mass is 32.2. The number of thioether (sulfide) groups is 1. The van der Waals surface area contributed by atoms with Crippen molar-refractivity contribution >= 4 is 29.1 Å². The van der Waals surface area contributed by atoms with E-state index >= 15 is 0 Å². The van der Waals surface area contributed by atoms with Gasteiger partial charge in [0.2, 0.25) is 5.91 Å². The first-order chi connectivity index (χ1) is 16.5. The van der Waals surface area contributed by atoms with Crippen LogP contribution in [0.1, 0.15) is 28.2 Å². The van der Waals surface area contributed by atoms with Crippen LogP contribution in [0.15, 0.2) is 84.0 Å². The maximum absolute atomic E-state index is 12.7. The number of hydrogen-bond donors (Lipinski definition) is 1. The molecule has 4 aromatic rings. The Morgan fingerprint density at radius 2 is 1.56 bits per heavy atom. The van der Waals surface area contributed by atoms with Crippen LogP contribution in [-0.4, -0.2) is 32.2 Å². The molecule has 6 nitrogen and oxygen atoms in total. The first-order valence-electron chi connectivity index (χ1n) is 11.1. The summed E-state index contributed by atoms with van der Waals surface area (Å²) in [4.78, 5) is 25.0. The van der Waals surface area contributed by atoms with Gasteiger partial charge in [0.15, 0.2) is 10.9 Å². The molecule has 7 heteroatoms. The SMILES string of the molecule is Cc1ccccc1NC(=O)CCc1nnc(SCC(=O)c2ccc(-c3ccccc3)cc2)n1C. The van der Waals surface area contributed by atoms with Crippen LogP contribution >= 0.6 is 11.8 Å². The Morgan fingerprint density at radius 1 is 0.882 bits per heavy atom. The van der Waals surface area contributed by atoms with Crippen LogP contribution in [0.4, 0.5) is 5.69 Å². The lowest BCUT2D eigenvalue weighted by Crippen LogP contribution is -2.14. The number of ketones is 1. The molecule has 34 heavy (non-hydrogen) atoms. The number of anilines is 1. The van der Waals surface area contributed by atoms with Crippen LogP contribution in [0.2, 0.25) is 0 Å². The molecule has 0 radical (unpaired) electrons. The third-order valence-electron chi connectivity index (χ3n) is 5.57. The van der Waals surface area contributed by atoms with E-state index in [1.807, 2.05) is 97.4 Å². The first-order valence-corrected chi connectivity index (χ1v) is 12.0. The van der Waals surface area contributed by atoms with E-state index in [2.05, 4.69) is 15.5 Å². The Hall–Kier alpha value is -3.71. The lowest BCUT2D eigenvalue weighted by atomic mass is 10.0. The number of amides is 1. The highest BCUT2D eigenvalue weighted by Crippen LogP contribution is 2.22. The number of nitrogens with one attached hydrogen (secondary N) is 1. The fourth-order valence-corrected chi connectivity index (χ4v) is 4.36.